The molecule has 1 N–H and O–H groups in total. The number of nitrogens with zero attached hydrogens (tertiary/aromatic N) is 3. The van der Waals surface area contributed by atoms with E-state index in [0.717, 1.165) is 27.6 Å². The third kappa shape index (κ3) is 3.41. The summed E-state index contributed by atoms with van der Waals surface area (Å²) in [7, 11) is 0. The van der Waals surface area contributed by atoms with E-state index in [0.29, 0.717) is 11.4 Å². The van der Waals surface area contributed by atoms with Crippen LogP contribution < -0.4 is 4.74 Å². The molecule has 128 valence electrons. The van der Waals surface area contributed by atoms with Crippen LogP contribution in [-0.4, -0.2) is 21.1 Å². The van der Waals surface area contributed by atoms with Gasteiger partial charge >= 0.3 is 0 Å². The summed E-state index contributed by atoms with van der Waals surface area (Å²) in [5.41, 5.74) is 2.02. The minimum atomic E-state index is 0.438. The molecule has 0 fully saturated rings. The fourth-order valence-electron chi connectivity index (χ4n) is 2.71. The van der Waals surface area contributed by atoms with Gasteiger partial charge in [0.1, 0.15) is 18.7 Å². The lowest BCUT2D eigenvalue weighted by molar-refractivity contribution is 0.306. The van der Waals surface area contributed by atoms with Crippen LogP contribution >= 0.6 is 12.2 Å². The van der Waals surface area contributed by atoms with E-state index in [1.54, 1.807) is 6.21 Å². The first kappa shape index (κ1) is 16.2. The Morgan fingerprint density at radius 1 is 1.04 bits per heavy atom. The molecule has 3 aromatic carbocycles. The van der Waals surface area contributed by atoms with Crippen LogP contribution in [0, 0.1) is 4.77 Å². The summed E-state index contributed by atoms with van der Waals surface area (Å²) in [6, 6.07) is 22.2. The van der Waals surface area contributed by atoms with Crippen LogP contribution in [0.4, 0.5) is 0 Å². The normalized spacial score (nSPS) is 11.2. The van der Waals surface area contributed by atoms with Gasteiger partial charge in [0, 0.05) is 5.56 Å². The minimum absolute atomic E-state index is 0.438. The zero-order chi connectivity index (χ0) is 17.8. The number of benzene rings is 3. The Morgan fingerprint density at radius 2 is 1.85 bits per heavy atom. The molecule has 26 heavy (non-hydrogen) atoms. The molecule has 5 nitrogen and oxygen atoms in total. The zero-order valence-electron chi connectivity index (χ0n) is 13.9. The maximum absolute atomic E-state index is 6.08. The van der Waals surface area contributed by atoms with Crippen molar-refractivity contribution < 1.29 is 4.74 Å². The van der Waals surface area contributed by atoms with Gasteiger partial charge in [-0.2, -0.15) is 14.9 Å². The molecular weight excluding hydrogens is 344 g/mol. The molecule has 0 unspecified atom stereocenters. The number of rotatable bonds is 5. The number of hydrogen-bond donors (Lipinski definition) is 1. The second-order valence-corrected chi connectivity index (χ2v) is 6.11. The molecule has 0 spiro atoms. The highest BCUT2D eigenvalue weighted by Crippen LogP contribution is 2.27. The van der Waals surface area contributed by atoms with E-state index in [2.05, 4.69) is 33.5 Å². The molecule has 6 heteroatoms. The van der Waals surface area contributed by atoms with Crippen LogP contribution in [0.1, 0.15) is 11.1 Å². The maximum Gasteiger partial charge on any atom is 0.216 e. The molecule has 1 aromatic heterocycles. The lowest BCUT2D eigenvalue weighted by Gasteiger charge is -2.12. The lowest BCUT2D eigenvalue weighted by atomic mass is 10.0. The van der Waals surface area contributed by atoms with Gasteiger partial charge in [-0.3, -0.25) is 5.10 Å². The van der Waals surface area contributed by atoms with E-state index in [1.807, 2.05) is 48.5 Å². The van der Waals surface area contributed by atoms with Crippen molar-refractivity contribution in [3.05, 3.63) is 89.0 Å². The number of fused-ring (bicyclic) bond motifs is 1. The Labute approximate surface area is 155 Å². The van der Waals surface area contributed by atoms with Gasteiger partial charge in [-0.1, -0.05) is 60.7 Å². The third-order valence-corrected chi connectivity index (χ3v) is 4.29. The number of hydrogen-bond acceptors (Lipinski definition) is 4. The number of ether oxygens (including phenoxy) is 1. The molecule has 0 aliphatic carbocycles. The first-order chi connectivity index (χ1) is 12.8. The van der Waals surface area contributed by atoms with E-state index in [9.17, 15) is 0 Å². The van der Waals surface area contributed by atoms with Crippen molar-refractivity contribution in [2.75, 3.05) is 0 Å². The number of aromatic amines is 1. The predicted molar refractivity (Wildman–Crippen MR) is 105 cm³/mol. The van der Waals surface area contributed by atoms with E-state index in [-0.39, 0.29) is 0 Å². The monoisotopic (exact) mass is 360 g/mol. The fourth-order valence-corrected chi connectivity index (χ4v) is 2.86. The first-order valence-corrected chi connectivity index (χ1v) is 8.57. The quantitative estimate of drug-likeness (QED) is 0.419. The summed E-state index contributed by atoms with van der Waals surface area (Å²) in [6.07, 6.45) is 3.29. The van der Waals surface area contributed by atoms with Gasteiger partial charge in [0.15, 0.2) is 0 Å². The fraction of sp³-hybridized carbons (Fsp3) is 0.0500. The summed E-state index contributed by atoms with van der Waals surface area (Å²) in [5.74, 6) is 0.770. The SMILES string of the molecule is S=c1[nH]ncn1/N=C/c1c(OCc2ccccc2)ccc2ccccc12. The molecule has 0 saturated carbocycles. The summed E-state index contributed by atoms with van der Waals surface area (Å²) in [6.45, 7) is 0.491. The maximum atomic E-state index is 6.08. The van der Waals surface area contributed by atoms with Crippen LogP contribution in [0.5, 0.6) is 5.75 Å². The van der Waals surface area contributed by atoms with Crippen molar-refractivity contribution in [3.63, 3.8) is 0 Å². The zero-order valence-corrected chi connectivity index (χ0v) is 14.7. The van der Waals surface area contributed by atoms with E-state index < -0.39 is 0 Å². The van der Waals surface area contributed by atoms with Gasteiger partial charge in [-0.05, 0) is 34.6 Å². The van der Waals surface area contributed by atoms with Crippen LogP contribution in [0.25, 0.3) is 10.8 Å². The van der Waals surface area contributed by atoms with Crippen molar-refractivity contribution >= 4 is 29.2 Å². The Balaban J connectivity index is 1.73. The van der Waals surface area contributed by atoms with Crippen molar-refractivity contribution in [1.29, 1.82) is 0 Å². The van der Waals surface area contributed by atoms with E-state index >= 15 is 0 Å². The van der Waals surface area contributed by atoms with Crippen molar-refractivity contribution in [2.45, 2.75) is 6.61 Å². The van der Waals surface area contributed by atoms with Gasteiger partial charge < -0.3 is 4.74 Å². The van der Waals surface area contributed by atoms with Gasteiger partial charge in [0.25, 0.3) is 0 Å². The Kier molecular flexibility index (Phi) is 4.57. The molecule has 0 aliphatic heterocycles. The summed E-state index contributed by atoms with van der Waals surface area (Å²) < 4.78 is 8.03. The molecule has 4 rings (SSSR count). The highest BCUT2D eigenvalue weighted by atomic mass is 32.1. The average molecular weight is 360 g/mol. The molecule has 0 atom stereocenters. The molecule has 0 amide bonds. The Morgan fingerprint density at radius 3 is 2.65 bits per heavy atom. The van der Waals surface area contributed by atoms with Crippen LogP contribution in [-0.2, 0) is 6.61 Å². The Hall–Kier alpha value is -3.25. The van der Waals surface area contributed by atoms with Gasteiger partial charge in [-0.15, -0.1) is 0 Å². The van der Waals surface area contributed by atoms with E-state index in [1.165, 1.54) is 11.0 Å². The van der Waals surface area contributed by atoms with Crippen LogP contribution in [0.2, 0.25) is 0 Å². The molecule has 1 heterocycles. The summed E-state index contributed by atoms with van der Waals surface area (Å²) >= 11 is 5.14. The van der Waals surface area contributed by atoms with Crippen molar-refractivity contribution in [2.24, 2.45) is 5.10 Å². The molecule has 4 aromatic rings. The molecular formula is C20H16N4OS. The largest absolute Gasteiger partial charge is 0.488 e. The third-order valence-electron chi connectivity index (χ3n) is 4.01. The summed E-state index contributed by atoms with van der Waals surface area (Å²) in [4.78, 5) is 0. The smallest absolute Gasteiger partial charge is 0.216 e. The minimum Gasteiger partial charge on any atom is -0.488 e. The highest BCUT2D eigenvalue weighted by Gasteiger charge is 2.08. The summed E-state index contributed by atoms with van der Waals surface area (Å²) in [5, 5.41) is 13.2. The molecule has 0 aliphatic rings. The number of H-pyrrole nitrogens is 1. The van der Waals surface area contributed by atoms with Gasteiger partial charge in [0.2, 0.25) is 4.77 Å². The molecule has 0 bridgehead atoms. The lowest BCUT2D eigenvalue weighted by Crippen LogP contribution is -2.00. The number of aromatic nitrogens is 3. The molecule has 0 saturated heterocycles. The van der Waals surface area contributed by atoms with Gasteiger partial charge in [0.05, 0.1) is 6.21 Å². The van der Waals surface area contributed by atoms with Crippen molar-refractivity contribution in [3.8, 4) is 5.75 Å². The van der Waals surface area contributed by atoms with Crippen LogP contribution in [0.3, 0.4) is 0 Å². The highest BCUT2D eigenvalue weighted by molar-refractivity contribution is 7.71. The van der Waals surface area contributed by atoms with Gasteiger partial charge in [-0.25, -0.2) is 0 Å². The molecule has 0 radical (unpaired) electrons. The first-order valence-electron chi connectivity index (χ1n) is 8.16. The Bertz CT molecular complexity index is 1120. The van der Waals surface area contributed by atoms with Crippen molar-refractivity contribution in [1.82, 2.24) is 14.9 Å². The second kappa shape index (κ2) is 7.33. The average Bonchev–Trinajstić information content (AvgIpc) is 3.10. The topological polar surface area (TPSA) is 55.2 Å². The standard InChI is InChI=1S/C20H16N4OS/c26-20-23-21-14-24(20)22-12-18-17-9-5-4-8-16(17)10-11-19(18)25-13-15-6-2-1-3-7-15/h1-12,14H,13H2,(H,23,26)/b22-12+. The number of nitrogens with one attached hydrogen (secondary N) is 1. The predicted octanol–water partition coefficient (Wildman–Crippen LogP) is 4.56. The van der Waals surface area contributed by atoms with E-state index in [4.69, 9.17) is 17.0 Å². The van der Waals surface area contributed by atoms with Crippen LogP contribution in [0.15, 0.2) is 78.2 Å². The second-order valence-electron chi connectivity index (χ2n) is 5.72.